The van der Waals surface area contributed by atoms with Gasteiger partial charge in [-0.15, -0.1) is 0 Å². The smallest absolute Gasteiger partial charge is 0.310 e. The van der Waals surface area contributed by atoms with E-state index >= 15 is 0 Å². The molecule has 0 aromatic heterocycles. The molecule has 98 valence electrons. The minimum absolute atomic E-state index is 0.365. The van der Waals surface area contributed by atoms with Gasteiger partial charge in [0.15, 0.2) is 11.6 Å². The first-order chi connectivity index (χ1) is 8.40. The van der Waals surface area contributed by atoms with Crippen LogP contribution in [0.3, 0.4) is 0 Å². The first kappa shape index (κ1) is 12.8. The Labute approximate surface area is 105 Å². The van der Waals surface area contributed by atoms with E-state index in [1.54, 1.807) is 13.0 Å². The lowest BCUT2D eigenvalue weighted by molar-refractivity contribution is -0.147. The number of likely N-dealkylation sites (tertiary alicyclic amines) is 1. The van der Waals surface area contributed by atoms with Gasteiger partial charge in [0, 0.05) is 13.1 Å². The number of carboxylic acids is 1. The fraction of sp³-hybridized carbons (Fsp3) is 0.462. The van der Waals surface area contributed by atoms with Crippen LogP contribution < -0.4 is 0 Å². The molecule has 2 N–H and O–H groups in total. The molecule has 1 heterocycles. The molecule has 1 aliphatic heterocycles. The second-order valence-corrected chi connectivity index (χ2v) is 5.11. The SMILES string of the molecule is CC1(C(=O)O)CCN(Cc2ccc(O)c(F)c2)C1. The van der Waals surface area contributed by atoms with Gasteiger partial charge in [-0.3, -0.25) is 9.69 Å². The minimum Gasteiger partial charge on any atom is -0.505 e. The standard InChI is InChI=1S/C13H16FNO3/c1-13(12(17)18)4-5-15(8-13)7-9-2-3-11(16)10(14)6-9/h2-3,6,16H,4-5,7-8H2,1H3,(H,17,18). The van der Waals surface area contributed by atoms with Crippen LogP contribution in [-0.4, -0.2) is 34.2 Å². The Morgan fingerprint density at radius 2 is 2.28 bits per heavy atom. The van der Waals surface area contributed by atoms with E-state index in [9.17, 15) is 9.18 Å². The third-order valence-electron chi connectivity index (χ3n) is 3.49. The van der Waals surface area contributed by atoms with Crippen LogP contribution in [0.5, 0.6) is 5.75 Å². The van der Waals surface area contributed by atoms with Crippen LogP contribution in [0.4, 0.5) is 4.39 Å². The number of phenolic OH excluding ortho intramolecular Hbond substituents is 1. The fourth-order valence-electron chi connectivity index (χ4n) is 2.27. The summed E-state index contributed by atoms with van der Waals surface area (Å²) in [6.45, 7) is 3.38. The van der Waals surface area contributed by atoms with Gasteiger partial charge in [0.2, 0.25) is 0 Å². The number of hydrogen-bond donors (Lipinski definition) is 2. The predicted molar refractivity (Wildman–Crippen MR) is 63.7 cm³/mol. The lowest BCUT2D eigenvalue weighted by Gasteiger charge is -2.20. The van der Waals surface area contributed by atoms with E-state index in [0.717, 1.165) is 5.56 Å². The van der Waals surface area contributed by atoms with Crippen LogP contribution in [0.25, 0.3) is 0 Å². The molecule has 2 rings (SSSR count). The van der Waals surface area contributed by atoms with Crippen molar-refractivity contribution in [2.45, 2.75) is 19.9 Å². The summed E-state index contributed by atoms with van der Waals surface area (Å²) in [7, 11) is 0. The van der Waals surface area contributed by atoms with Crippen molar-refractivity contribution < 1.29 is 19.4 Å². The molecule has 0 radical (unpaired) electrons. The third kappa shape index (κ3) is 2.46. The Hall–Kier alpha value is -1.62. The first-order valence-electron chi connectivity index (χ1n) is 5.84. The maximum Gasteiger partial charge on any atom is 0.310 e. The molecule has 1 aromatic rings. The van der Waals surface area contributed by atoms with Gasteiger partial charge in [0.25, 0.3) is 0 Å². The topological polar surface area (TPSA) is 60.8 Å². The largest absolute Gasteiger partial charge is 0.505 e. The summed E-state index contributed by atoms with van der Waals surface area (Å²) >= 11 is 0. The van der Waals surface area contributed by atoms with Crippen LogP contribution >= 0.6 is 0 Å². The Balaban J connectivity index is 2.03. The van der Waals surface area contributed by atoms with Crippen molar-refractivity contribution >= 4 is 5.97 Å². The number of rotatable bonds is 3. The maximum absolute atomic E-state index is 13.2. The molecule has 1 saturated heterocycles. The van der Waals surface area contributed by atoms with Crippen molar-refractivity contribution in [2.24, 2.45) is 5.41 Å². The molecule has 1 unspecified atom stereocenters. The van der Waals surface area contributed by atoms with Crippen LogP contribution in [0, 0.1) is 11.2 Å². The van der Waals surface area contributed by atoms with E-state index in [1.807, 2.05) is 4.90 Å². The van der Waals surface area contributed by atoms with Gasteiger partial charge in [-0.25, -0.2) is 4.39 Å². The molecule has 1 aliphatic rings. The third-order valence-corrected chi connectivity index (χ3v) is 3.49. The predicted octanol–water partition coefficient (Wildman–Crippen LogP) is 1.83. The quantitative estimate of drug-likeness (QED) is 0.862. The average Bonchev–Trinajstić information content (AvgIpc) is 2.67. The van der Waals surface area contributed by atoms with Crippen molar-refractivity contribution in [3.8, 4) is 5.75 Å². The van der Waals surface area contributed by atoms with Gasteiger partial charge in [0.05, 0.1) is 5.41 Å². The van der Waals surface area contributed by atoms with E-state index in [1.165, 1.54) is 12.1 Å². The number of aliphatic carboxylic acids is 1. The minimum atomic E-state index is -0.790. The van der Waals surface area contributed by atoms with Gasteiger partial charge in [-0.05, 0) is 37.6 Å². The molecule has 0 amide bonds. The Morgan fingerprint density at radius 3 is 2.83 bits per heavy atom. The van der Waals surface area contributed by atoms with Crippen molar-refractivity contribution in [2.75, 3.05) is 13.1 Å². The molecule has 0 spiro atoms. The highest BCUT2D eigenvalue weighted by Gasteiger charge is 2.40. The summed E-state index contributed by atoms with van der Waals surface area (Å²) in [6, 6.07) is 4.25. The molecule has 4 nitrogen and oxygen atoms in total. The zero-order valence-electron chi connectivity index (χ0n) is 10.2. The van der Waals surface area contributed by atoms with E-state index in [2.05, 4.69) is 0 Å². The summed E-state index contributed by atoms with van der Waals surface area (Å²) in [6.07, 6.45) is 0.600. The van der Waals surface area contributed by atoms with Gasteiger partial charge in [-0.1, -0.05) is 6.07 Å². The lowest BCUT2D eigenvalue weighted by Crippen LogP contribution is -2.31. The molecule has 1 fully saturated rings. The Kier molecular flexibility index (Phi) is 3.26. The van der Waals surface area contributed by atoms with Crippen LogP contribution in [0.1, 0.15) is 18.9 Å². The molecule has 0 bridgehead atoms. The van der Waals surface area contributed by atoms with Gasteiger partial charge in [-0.2, -0.15) is 0 Å². The van der Waals surface area contributed by atoms with Gasteiger partial charge >= 0.3 is 5.97 Å². The van der Waals surface area contributed by atoms with Crippen LogP contribution in [0.15, 0.2) is 18.2 Å². The van der Waals surface area contributed by atoms with Crippen molar-refractivity contribution in [1.82, 2.24) is 4.90 Å². The average molecular weight is 253 g/mol. The summed E-state index contributed by atoms with van der Waals surface area (Å²) in [4.78, 5) is 13.1. The highest BCUT2D eigenvalue weighted by molar-refractivity contribution is 5.74. The van der Waals surface area contributed by atoms with Crippen LogP contribution in [-0.2, 0) is 11.3 Å². The number of nitrogens with zero attached hydrogens (tertiary/aromatic N) is 1. The monoisotopic (exact) mass is 253 g/mol. The summed E-state index contributed by atoms with van der Waals surface area (Å²) in [5.41, 5.74) is 0.0232. The van der Waals surface area contributed by atoms with E-state index in [-0.39, 0.29) is 5.75 Å². The molecular weight excluding hydrogens is 237 g/mol. The molecular formula is C13H16FNO3. The number of carboxylic acid groups (broad SMARTS) is 1. The van der Waals surface area contributed by atoms with Gasteiger partial charge in [0.1, 0.15) is 0 Å². The van der Waals surface area contributed by atoms with E-state index in [0.29, 0.717) is 26.1 Å². The number of carbonyl (C=O) groups is 1. The maximum atomic E-state index is 13.2. The zero-order chi connectivity index (χ0) is 13.3. The van der Waals surface area contributed by atoms with Crippen LogP contribution in [0.2, 0.25) is 0 Å². The second kappa shape index (κ2) is 4.57. The van der Waals surface area contributed by atoms with E-state index in [4.69, 9.17) is 10.2 Å². The highest BCUT2D eigenvalue weighted by Crippen LogP contribution is 2.31. The molecule has 18 heavy (non-hydrogen) atoms. The Bertz CT molecular complexity index is 477. The normalized spacial score (nSPS) is 24.3. The number of aromatic hydroxyl groups is 1. The number of phenols is 1. The second-order valence-electron chi connectivity index (χ2n) is 5.11. The lowest BCUT2D eigenvalue weighted by atomic mass is 9.90. The van der Waals surface area contributed by atoms with Gasteiger partial charge < -0.3 is 10.2 Å². The molecule has 5 heteroatoms. The number of benzene rings is 1. The van der Waals surface area contributed by atoms with E-state index < -0.39 is 17.2 Å². The first-order valence-corrected chi connectivity index (χ1v) is 5.84. The number of hydrogen-bond acceptors (Lipinski definition) is 3. The molecule has 1 atom stereocenters. The fourth-order valence-corrected chi connectivity index (χ4v) is 2.27. The van der Waals surface area contributed by atoms with Crippen molar-refractivity contribution in [3.63, 3.8) is 0 Å². The summed E-state index contributed by atoms with van der Waals surface area (Å²) in [5, 5.41) is 18.2. The zero-order valence-corrected chi connectivity index (χ0v) is 10.2. The highest BCUT2D eigenvalue weighted by atomic mass is 19.1. The Morgan fingerprint density at radius 1 is 1.56 bits per heavy atom. The molecule has 0 saturated carbocycles. The van der Waals surface area contributed by atoms with Crippen molar-refractivity contribution in [1.29, 1.82) is 0 Å². The molecule has 0 aliphatic carbocycles. The van der Waals surface area contributed by atoms with Crippen molar-refractivity contribution in [3.05, 3.63) is 29.6 Å². The summed E-state index contributed by atoms with van der Waals surface area (Å²) in [5.74, 6) is -1.80. The number of halogens is 1. The summed E-state index contributed by atoms with van der Waals surface area (Å²) < 4.78 is 13.2. The molecule has 1 aromatic carbocycles.